The lowest BCUT2D eigenvalue weighted by atomic mass is 10.1. The number of anilines is 1. The molecule has 6 nitrogen and oxygen atoms in total. The first kappa shape index (κ1) is 21.1. The number of aromatic nitrogens is 2. The number of amides is 2. The Morgan fingerprint density at radius 2 is 1.87 bits per heavy atom. The molecule has 0 saturated carbocycles. The van der Waals surface area contributed by atoms with Crippen molar-refractivity contribution in [2.24, 2.45) is 5.92 Å². The average molecular weight is 433 g/mol. The summed E-state index contributed by atoms with van der Waals surface area (Å²) in [5, 5.41) is 3.67. The third-order valence-corrected chi connectivity index (χ3v) is 6.17. The molecule has 0 spiro atoms. The van der Waals surface area contributed by atoms with Gasteiger partial charge in [-0.2, -0.15) is 0 Å². The van der Waals surface area contributed by atoms with Crippen molar-refractivity contribution < 1.29 is 9.59 Å². The van der Waals surface area contributed by atoms with Crippen molar-refractivity contribution in [3.8, 4) is 0 Å². The first-order valence-electron chi connectivity index (χ1n) is 10.2. The lowest BCUT2D eigenvalue weighted by Gasteiger charge is -2.17. The molecule has 2 amide bonds. The number of carbonyl (C=O) groups is 2. The third-order valence-electron chi connectivity index (χ3n) is 5.29. The van der Waals surface area contributed by atoms with Crippen molar-refractivity contribution in [1.82, 2.24) is 14.9 Å². The summed E-state index contributed by atoms with van der Waals surface area (Å²) in [4.78, 5) is 36.5. The molecule has 0 aliphatic carbocycles. The maximum atomic E-state index is 12.8. The Morgan fingerprint density at radius 1 is 1.13 bits per heavy atom. The summed E-state index contributed by atoms with van der Waals surface area (Å²) in [6.45, 7) is 4.97. The normalized spacial score (nSPS) is 15.9. The Labute approximate surface area is 186 Å². The number of hydrogen-bond acceptors (Lipinski definition) is 5. The van der Waals surface area contributed by atoms with E-state index in [1.807, 2.05) is 56.3 Å². The smallest absolute Gasteiger partial charge is 0.229 e. The number of aryl methyl sites for hydroxylation is 2. The molecule has 1 atom stereocenters. The van der Waals surface area contributed by atoms with E-state index in [0.717, 1.165) is 21.7 Å². The van der Waals surface area contributed by atoms with Gasteiger partial charge in [-0.15, -0.1) is 0 Å². The van der Waals surface area contributed by atoms with E-state index in [-0.39, 0.29) is 24.2 Å². The van der Waals surface area contributed by atoms with Crippen LogP contribution in [0.2, 0.25) is 0 Å². The van der Waals surface area contributed by atoms with Crippen molar-refractivity contribution in [3.05, 3.63) is 77.6 Å². The van der Waals surface area contributed by atoms with Crippen molar-refractivity contribution in [3.63, 3.8) is 0 Å². The summed E-state index contributed by atoms with van der Waals surface area (Å²) in [6.07, 6.45) is 3.67. The molecule has 1 N–H and O–H groups in total. The predicted octanol–water partition coefficient (Wildman–Crippen LogP) is 4.23. The van der Waals surface area contributed by atoms with E-state index in [9.17, 15) is 9.59 Å². The molecule has 158 valence electrons. The van der Waals surface area contributed by atoms with Crippen molar-refractivity contribution >= 4 is 29.3 Å². The molecule has 2 aromatic carbocycles. The summed E-state index contributed by atoms with van der Waals surface area (Å²) in [7, 11) is 0. The quantitative estimate of drug-likeness (QED) is 0.590. The Kier molecular flexibility index (Phi) is 6.32. The van der Waals surface area contributed by atoms with Crippen LogP contribution in [0.1, 0.15) is 23.1 Å². The molecule has 7 heteroatoms. The Morgan fingerprint density at radius 3 is 2.58 bits per heavy atom. The fourth-order valence-electron chi connectivity index (χ4n) is 3.53. The van der Waals surface area contributed by atoms with E-state index in [2.05, 4.69) is 15.3 Å². The predicted molar refractivity (Wildman–Crippen MR) is 121 cm³/mol. The summed E-state index contributed by atoms with van der Waals surface area (Å²) in [6, 6.07) is 15.7. The maximum Gasteiger partial charge on any atom is 0.229 e. The van der Waals surface area contributed by atoms with Gasteiger partial charge in [0.05, 0.1) is 5.92 Å². The number of nitrogens with one attached hydrogen (secondary N) is 1. The summed E-state index contributed by atoms with van der Waals surface area (Å²) in [5.74, 6) is -0.439. The van der Waals surface area contributed by atoms with Gasteiger partial charge < -0.3 is 10.2 Å². The molecule has 1 saturated heterocycles. The highest BCUT2D eigenvalue weighted by Gasteiger charge is 2.34. The molecule has 3 aromatic rings. The molecule has 1 aliphatic rings. The summed E-state index contributed by atoms with van der Waals surface area (Å²) >= 11 is 1.47. The number of rotatable bonds is 6. The first-order chi connectivity index (χ1) is 15.0. The second-order valence-corrected chi connectivity index (χ2v) is 8.80. The van der Waals surface area contributed by atoms with Crippen LogP contribution in [0.3, 0.4) is 0 Å². The van der Waals surface area contributed by atoms with Crippen LogP contribution in [0.15, 0.2) is 71.0 Å². The Bertz CT molecular complexity index is 1090. The van der Waals surface area contributed by atoms with E-state index in [0.29, 0.717) is 18.2 Å². The van der Waals surface area contributed by atoms with Gasteiger partial charge in [0.2, 0.25) is 11.8 Å². The molecular weight excluding hydrogens is 408 g/mol. The number of benzene rings is 2. The molecule has 1 unspecified atom stereocenters. The van der Waals surface area contributed by atoms with Crippen LogP contribution < -0.4 is 5.32 Å². The van der Waals surface area contributed by atoms with Crippen LogP contribution >= 0.6 is 11.8 Å². The van der Waals surface area contributed by atoms with Crippen LogP contribution in [-0.2, 0) is 16.1 Å². The van der Waals surface area contributed by atoms with Crippen molar-refractivity contribution in [2.75, 3.05) is 11.9 Å². The SMILES string of the molecule is Cc1ccc(CN2CC(C(=O)Nc3ccc(Sc4ncccn4)cc3C)CC2=O)cc1. The fourth-order valence-corrected chi connectivity index (χ4v) is 4.34. The van der Waals surface area contributed by atoms with Crippen LogP contribution in [0.25, 0.3) is 0 Å². The monoisotopic (exact) mass is 432 g/mol. The second kappa shape index (κ2) is 9.31. The number of carbonyl (C=O) groups excluding carboxylic acids is 2. The average Bonchev–Trinajstić information content (AvgIpc) is 3.13. The molecule has 1 fully saturated rings. The van der Waals surface area contributed by atoms with Gasteiger partial charge in [0.25, 0.3) is 0 Å². The van der Waals surface area contributed by atoms with E-state index >= 15 is 0 Å². The van der Waals surface area contributed by atoms with Gasteiger partial charge in [0, 0.05) is 42.5 Å². The van der Waals surface area contributed by atoms with Gasteiger partial charge >= 0.3 is 0 Å². The van der Waals surface area contributed by atoms with Crippen LogP contribution in [-0.4, -0.2) is 33.2 Å². The van der Waals surface area contributed by atoms with Gasteiger partial charge in [0.15, 0.2) is 5.16 Å². The number of hydrogen-bond donors (Lipinski definition) is 1. The summed E-state index contributed by atoms with van der Waals surface area (Å²) < 4.78 is 0. The van der Waals surface area contributed by atoms with E-state index in [1.54, 1.807) is 23.4 Å². The van der Waals surface area contributed by atoms with Gasteiger partial charge in [0.1, 0.15) is 0 Å². The minimum absolute atomic E-state index is 0.0204. The molecule has 31 heavy (non-hydrogen) atoms. The molecule has 1 aromatic heterocycles. The van der Waals surface area contributed by atoms with Gasteiger partial charge in [-0.1, -0.05) is 29.8 Å². The largest absolute Gasteiger partial charge is 0.338 e. The second-order valence-electron chi connectivity index (χ2n) is 7.76. The van der Waals surface area contributed by atoms with Crippen LogP contribution in [0.5, 0.6) is 0 Å². The molecular formula is C24H24N4O2S. The van der Waals surface area contributed by atoms with Crippen LogP contribution in [0.4, 0.5) is 5.69 Å². The van der Waals surface area contributed by atoms with E-state index in [1.165, 1.54) is 17.3 Å². The maximum absolute atomic E-state index is 12.8. The van der Waals surface area contributed by atoms with Crippen molar-refractivity contribution in [2.45, 2.75) is 36.9 Å². The van der Waals surface area contributed by atoms with E-state index in [4.69, 9.17) is 0 Å². The highest BCUT2D eigenvalue weighted by atomic mass is 32.2. The lowest BCUT2D eigenvalue weighted by molar-refractivity contribution is -0.128. The summed E-state index contributed by atoms with van der Waals surface area (Å²) in [5.41, 5.74) is 3.97. The molecule has 1 aliphatic heterocycles. The molecule has 0 bridgehead atoms. The highest BCUT2D eigenvalue weighted by Crippen LogP contribution is 2.29. The minimum atomic E-state index is -0.343. The molecule has 0 radical (unpaired) electrons. The fraction of sp³-hybridized carbons (Fsp3) is 0.250. The minimum Gasteiger partial charge on any atom is -0.338 e. The highest BCUT2D eigenvalue weighted by molar-refractivity contribution is 7.99. The molecule has 2 heterocycles. The lowest BCUT2D eigenvalue weighted by Crippen LogP contribution is -2.28. The van der Waals surface area contributed by atoms with Gasteiger partial charge in [-0.3, -0.25) is 9.59 Å². The number of likely N-dealkylation sites (tertiary alicyclic amines) is 1. The Hall–Kier alpha value is -3.19. The van der Waals surface area contributed by atoms with Gasteiger partial charge in [-0.25, -0.2) is 9.97 Å². The Balaban J connectivity index is 1.36. The first-order valence-corrected chi connectivity index (χ1v) is 11.0. The zero-order valence-corrected chi connectivity index (χ0v) is 18.4. The number of nitrogens with zero attached hydrogens (tertiary/aromatic N) is 3. The van der Waals surface area contributed by atoms with Crippen molar-refractivity contribution in [1.29, 1.82) is 0 Å². The van der Waals surface area contributed by atoms with Crippen LogP contribution in [0, 0.1) is 19.8 Å². The zero-order chi connectivity index (χ0) is 21.8. The van der Waals surface area contributed by atoms with Gasteiger partial charge in [-0.05, 0) is 61.0 Å². The topological polar surface area (TPSA) is 75.2 Å². The third kappa shape index (κ3) is 5.30. The molecule has 4 rings (SSSR count). The zero-order valence-electron chi connectivity index (χ0n) is 17.5. The standard InChI is InChI=1S/C24H24N4O2S/c1-16-4-6-18(7-5-16)14-28-15-19(13-22(28)29)23(30)27-21-9-8-20(12-17(21)2)31-24-25-10-3-11-26-24/h3-12,19H,13-15H2,1-2H3,(H,27,30). The van der Waals surface area contributed by atoms with E-state index < -0.39 is 0 Å².